The van der Waals surface area contributed by atoms with E-state index < -0.39 is 11.9 Å². The summed E-state index contributed by atoms with van der Waals surface area (Å²) in [6.07, 6.45) is 0. The molecule has 0 saturated heterocycles. The molecule has 0 spiro atoms. The van der Waals surface area contributed by atoms with Gasteiger partial charge in [-0.2, -0.15) is 0 Å². The summed E-state index contributed by atoms with van der Waals surface area (Å²) >= 11 is 0. The first-order valence-electron chi connectivity index (χ1n) is 1.82. The largest absolute Gasteiger partial charge is 2.00 e. The van der Waals surface area contributed by atoms with Gasteiger partial charge in [0.05, 0.1) is 0 Å². The van der Waals surface area contributed by atoms with Crippen LogP contribution in [0, 0.1) is 0 Å². The molecule has 0 amide bonds. The van der Waals surface area contributed by atoms with Crippen LogP contribution in [-0.4, -0.2) is 11.9 Å². The van der Waals surface area contributed by atoms with Crippen LogP contribution in [0.4, 0.5) is 0 Å². The smallest absolute Gasteiger partial charge is 1.00 e. The molecular formula is C4H10O4Zn3. The molecule has 0 saturated carbocycles. The van der Waals surface area contributed by atoms with E-state index in [1.807, 2.05) is 0 Å². The van der Waals surface area contributed by atoms with E-state index in [2.05, 4.69) is 0 Å². The van der Waals surface area contributed by atoms with Gasteiger partial charge in [-0.1, -0.05) is 0 Å². The minimum absolute atomic E-state index is 0. The van der Waals surface area contributed by atoms with Crippen molar-refractivity contribution in [1.29, 1.82) is 0 Å². The molecule has 56 valence electrons. The average Bonchev–Trinajstić information content (AvgIpc) is 1.25. The van der Waals surface area contributed by atoms with Crippen molar-refractivity contribution < 1.29 is 83.9 Å². The molecule has 0 aliphatic heterocycles. The molecule has 7 heteroatoms. The summed E-state index contributed by atoms with van der Waals surface area (Å²) in [6, 6.07) is 0. The summed E-state index contributed by atoms with van der Waals surface area (Å²) in [4.78, 5) is 17.8. The summed E-state index contributed by atoms with van der Waals surface area (Å²) in [5.41, 5.74) is 0. The van der Waals surface area contributed by atoms with Gasteiger partial charge in [0.1, 0.15) is 0 Å². The third-order valence-electron chi connectivity index (χ3n) is 0. The molecule has 0 aliphatic carbocycles. The van der Waals surface area contributed by atoms with Crippen LogP contribution < -0.4 is 10.2 Å². The average molecular weight is 318 g/mol. The molecule has 0 heterocycles. The zero-order chi connectivity index (χ0) is 7.15. The molecule has 0 aliphatic rings. The molecule has 0 bridgehead atoms. The van der Waals surface area contributed by atoms with Crippen molar-refractivity contribution in [2.75, 3.05) is 0 Å². The fraction of sp³-hybridized carbons (Fsp3) is 0.500. The quantitative estimate of drug-likeness (QED) is 0.482. The summed E-state index contributed by atoms with van der Waals surface area (Å²) in [5, 5.41) is 17.8. The second-order valence-electron chi connectivity index (χ2n) is 0.983. The number of carbonyl (C=O) groups is 2. The molecule has 0 N–H and O–H groups in total. The maximum atomic E-state index is 8.89. The first-order valence-corrected chi connectivity index (χ1v) is 1.82. The number of carboxylic acids is 2. The minimum Gasteiger partial charge on any atom is -1.00 e. The van der Waals surface area contributed by atoms with Crippen LogP contribution in [0.2, 0.25) is 0 Å². The summed E-state index contributed by atoms with van der Waals surface area (Å²) in [7, 11) is 0. The Morgan fingerprint density at radius 3 is 0.909 bits per heavy atom. The topological polar surface area (TPSA) is 80.3 Å². The molecule has 0 aromatic rings. The Kier molecular flexibility index (Phi) is 60.7. The Morgan fingerprint density at radius 1 is 0.909 bits per heavy atom. The molecule has 0 aromatic heterocycles. The Morgan fingerprint density at radius 2 is 0.909 bits per heavy atom. The molecule has 0 atom stereocenters. The van der Waals surface area contributed by atoms with Gasteiger partial charge in [0.15, 0.2) is 0 Å². The van der Waals surface area contributed by atoms with E-state index in [-0.39, 0.29) is 64.1 Å². The molecule has 4 nitrogen and oxygen atoms in total. The van der Waals surface area contributed by atoms with Crippen LogP contribution in [0.3, 0.4) is 0 Å². The van der Waals surface area contributed by atoms with Crippen molar-refractivity contribution in [1.82, 2.24) is 0 Å². The Hall–Kier alpha value is 0.810. The molecule has 0 rings (SSSR count). The summed E-state index contributed by atoms with van der Waals surface area (Å²) < 4.78 is 0. The second-order valence-corrected chi connectivity index (χ2v) is 0.983. The van der Waals surface area contributed by atoms with Crippen LogP contribution in [-0.2, 0) is 68.0 Å². The molecule has 0 unspecified atom stereocenters. The Labute approximate surface area is 109 Å². The van der Waals surface area contributed by atoms with Gasteiger partial charge in [-0.05, 0) is 13.8 Å². The fourth-order valence-corrected chi connectivity index (χ4v) is 0. The van der Waals surface area contributed by atoms with E-state index in [0.717, 1.165) is 13.8 Å². The van der Waals surface area contributed by atoms with Crippen LogP contribution in [0.15, 0.2) is 0 Å². The van der Waals surface area contributed by atoms with Gasteiger partial charge in [0.2, 0.25) is 0 Å². The van der Waals surface area contributed by atoms with Crippen molar-refractivity contribution in [2.24, 2.45) is 0 Å². The van der Waals surface area contributed by atoms with Gasteiger partial charge < -0.3 is 25.5 Å². The van der Waals surface area contributed by atoms with Crippen LogP contribution in [0.1, 0.15) is 19.6 Å². The van der Waals surface area contributed by atoms with E-state index in [9.17, 15) is 0 Å². The molecule has 11 heavy (non-hydrogen) atoms. The first-order chi connectivity index (χ1) is 3.46. The summed E-state index contributed by atoms with van der Waals surface area (Å²) in [5.74, 6) is -2.17. The van der Waals surface area contributed by atoms with Crippen molar-refractivity contribution >= 4 is 11.9 Å². The standard InChI is InChI=1S/2C2H4O2.3Zn.4H/c2*1-2(3)4;;;;;;;/h2*1H3,(H,3,4);;;;;;;/q;;3*+2;4*-1/p-2. The normalized spacial score (nSPS) is 4.55. The number of hydrogen-bond donors (Lipinski definition) is 0. The second kappa shape index (κ2) is 22.4. The van der Waals surface area contributed by atoms with Gasteiger partial charge in [-0.15, -0.1) is 0 Å². The molecule has 0 fully saturated rings. The molecule has 0 aromatic carbocycles. The van der Waals surface area contributed by atoms with Crippen molar-refractivity contribution in [3.8, 4) is 0 Å². The number of carbonyl (C=O) groups excluding carboxylic acids is 2. The van der Waals surface area contributed by atoms with Gasteiger partial charge >= 0.3 is 58.4 Å². The fourth-order valence-electron chi connectivity index (χ4n) is 0. The van der Waals surface area contributed by atoms with Crippen LogP contribution >= 0.6 is 0 Å². The third kappa shape index (κ3) is 1280. The first kappa shape index (κ1) is 29.8. The molecular weight excluding hydrogens is 308 g/mol. The number of aliphatic carboxylic acids is 2. The van der Waals surface area contributed by atoms with Crippen molar-refractivity contribution in [3.05, 3.63) is 0 Å². The van der Waals surface area contributed by atoms with Gasteiger partial charge in [0.25, 0.3) is 0 Å². The zero-order valence-corrected chi connectivity index (χ0v) is 15.7. The predicted octanol–water partition coefficient (Wildman–Crippen LogP) is -2.05. The van der Waals surface area contributed by atoms with Crippen LogP contribution in [0.5, 0.6) is 0 Å². The number of hydrogen-bond acceptors (Lipinski definition) is 4. The van der Waals surface area contributed by atoms with Gasteiger partial charge in [-0.25, -0.2) is 0 Å². The van der Waals surface area contributed by atoms with Crippen LogP contribution in [0.25, 0.3) is 0 Å². The minimum atomic E-state index is -1.08. The Balaban J connectivity index is -0.00000000468. The van der Waals surface area contributed by atoms with Gasteiger partial charge in [0, 0.05) is 11.9 Å². The predicted molar refractivity (Wildman–Crippen MR) is 25.8 cm³/mol. The van der Waals surface area contributed by atoms with E-state index in [0.29, 0.717) is 0 Å². The number of rotatable bonds is 0. The molecule has 0 radical (unpaired) electrons. The van der Waals surface area contributed by atoms with Gasteiger partial charge in [-0.3, -0.25) is 0 Å². The van der Waals surface area contributed by atoms with E-state index in [1.165, 1.54) is 0 Å². The third-order valence-corrected chi connectivity index (χ3v) is 0. The van der Waals surface area contributed by atoms with Crippen molar-refractivity contribution in [2.45, 2.75) is 13.8 Å². The Bertz CT molecular complexity index is 87.9. The maximum Gasteiger partial charge on any atom is 2.00 e. The SMILES string of the molecule is CC(=O)[O-].CC(=O)[O-].[H-].[H-].[H-].[H-].[Zn+2].[Zn+2].[Zn+2]. The zero-order valence-electron chi connectivity index (χ0n) is 10.8. The van der Waals surface area contributed by atoms with Crippen molar-refractivity contribution in [3.63, 3.8) is 0 Å². The summed E-state index contributed by atoms with van der Waals surface area (Å²) in [6.45, 7) is 1.94. The van der Waals surface area contributed by atoms with E-state index >= 15 is 0 Å². The van der Waals surface area contributed by atoms with E-state index in [4.69, 9.17) is 19.8 Å². The number of carboxylic acid groups (broad SMARTS) is 2. The van der Waals surface area contributed by atoms with E-state index in [1.54, 1.807) is 0 Å². The maximum absolute atomic E-state index is 8.89. The monoisotopic (exact) mass is 314 g/mol.